The van der Waals surface area contributed by atoms with Gasteiger partial charge in [-0.25, -0.2) is 0 Å². The van der Waals surface area contributed by atoms with E-state index in [2.05, 4.69) is 0 Å². The maximum absolute atomic E-state index is 12.2. The van der Waals surface area contributed by atoms with Crippen molar-refractivity contribution < 1.29 is 14.6 Å². The number of rotatable bonds is 6. The summed E-state index contributed by atoms with van der Waals surface area (Å²) in [6.07, 6.45) is -0.170. The minimum Gasteiger partial charge on any atom is -0.497 e. The van der Waals surface area contributed by atoms with Crippen molar-refractivity contribution in [3.8, 4) is 5.75 Å². The Balaban J connectivity index is 2.69. The second-order valence-corrected chi connectivity index (χ2v) is 5.01. The summed E-state index contributed by atoms with van der Waals surface area (Å²) >= 11 is 0. The van der Waals surface area contributed by atoms with Crippen molar-refractivity contribution in [3.05, 3.63) is 29.8 Å². The summed E-state index contributed by atoms with van der Waals surface area (Å²) in [5, 5.41) is 9.44. The van der Waals surface area contributed by atoms with Crippen molar-refractivity contribution in [1.82, 2.24) is 4.90 Å². The summed E-state index contributed by atoms with van der Waals surface area (Å²) in [4.78, 5) is 13.9. The highest BCUT2D eigenvalue weighted by Gasteiger charge is 2.18. The van der Waals surface area contributed by atoms with Gasteiger partial charge in [0.2, 0.25) is 5.91 Å². The van der Waals surface area contributed by atoms with E-state index in [1.165, 1.54) is 0 Å². The van der Waals surface area contributed by atoms with E-state index >= 15 is 0 Å². The highest BCUT2D eigenvalue weighted by molar-refractivity contribution is 5.79. The van der Waals surface area contributed by atoms with E-state index in [0.29, 0.717) is 13.0 Å². The lowest BCUT2D eigenvalue weighted by Crippen LogP contribution is -2.42. The van der Waals surface area contributed by atoms with Gasteiger partial charge in [0, 0.05) is 12.6 Å². The normalized spacial score (nSPS) is 12.3. The number of nitrogens with zero attached hydrogens (tertiary/aromatic N) is 1. The van der Waals surface area contributed by atoms with E-state index in [1.54, 1.807) is 18.9 Å². The Bertz CT molecular complexity index is 398. The second-order valence-electron chi connectivity index (χ2n) is 5.01. The Hall–Kier alpha value is -1.55. The van der Waals surface area contributed by atoms with Gasteiger partial charge >= 0.3 is 0 Å². The summed E-state index contributed by atoms with van der Waals surface area (Å²) < 4.78 is 5.08. The number of ether oxygens (including phenoxy) is 1. The lowest BCUT2D eigenvalue weighted by molar-refractivity contribution is -0.133. The van der Waals surface area contributed by atoms with Gasteiger partial charge in [-0.05, 0) is 38.5 Å². The standard InChI is InChI=1S/C15H23NO3/c1-11(2)16(10-12(3)17)15(18)9-13-5-7-14(19-4)8-6-13/h5-8,11-12,17H,9-10H2,1-4H3. The van der Waals surface area contributed by atoms with Gasteiger partial charge in [-0.1, -0.05) is 12.1 Å². The van der Waals surface area contributed by atoms with E-state index < -0.39 is 6.10 Å². The van der Waals surface area contributed by atoms with E-state index in [9.17, 15) is 9.90 Å². The maximum atomic E-state index is 12.2. The molecule has 0 aliphatic heterocycles. The number of methoxy groups -OCH3 is 1. The highest BCUT2D eigenvalue weighted by Crippen LogP contribution is 2.13. The average Bonchev–Trinajstić information content (AvgIpc) is 2.36. The molecule has 0 radical (unpaired) electrons. The van der Waals surface area contributed by atoms with Crippen molar-refractivity contribution >= 4 is 5.91 Å². The third-order valence-electron chi connectivity index (χ3n) is 2.92. The van der Waals surface area contributed by atoms with Crippen molar-refractivity contribution in [2.75, 3.05) is 13.7 Å². The van der Waals surface area contributed by atoms with E-state index in [4.69, 9.17) is 4.74 Å². The Morgan fingerprint density at radius 3 is 2.26 bits per heavy atom. The van der Waals surface area contributed by atoms with Crippen LogP contribution in [-0.4, -0.2) is 41.7 Å². The van der Waals surface area contributed by atoms with Crippen LogP contribution in [0.2, 0.25) is 0 Å². The van der Waals surface area contributed by atoms with Crippen LogP contribution in [0.3, 0.4) is 0 Å². The summed E-state index contributed by atoms with van der Waals surface area (Å²) in [5.41, 5.74) is 0.946. The molecule has 1 atom stereocenters. The summed E-state index contributed by atoms with van der Waals surface area (Å²) in [5.74, 6) is 0.807. The van der Waals surface area contributed by atoms with E-state index in [0.717, 1.165) is 11.3 Å². The third-order valence-corrected chi connectivity index (χ3v) is 2.92. The number of carbonyl (C=O) groups excluding carboxylic acids is 1. The Kier molecular flexibility index (Phi) is 5.83. The summed E-state index contributed by atoms with van der Waals surface area (Å²) in [6.45, 7) is 5.96. The zero-order valence-electron chi connectivity index (χ0n) is 12.1. The van der Waals surface area contributed by atoms with Crippen LogP contribution in [0.5, 0.6) is 5.75 Å². The van der Waals surface area contributed by atoms with Crippen LogP contribution in [-0.2, 0) is 11.2 Å². The first-order valence-corrected chi connectivity index (χ1v) is 6.54. The number of hydrogen-bond donors (Lipinski definition) is 1. The van der Waals surface area contributed by atoms with Crippen molar-refractivity contribution in [2.24, 2.45) is 0 Å². The molecular weight excluding hydrogens is 242 g/mol. The van der Waals surface area contributed by atoms with Gasteiger partial charge in [-0.2, -0.15) is 0 Å². The fourth-order valence-corrected chi connectivity index (χ4v) is 1.90. The Labute approximate surface area is 115 Å². The first-order chi connectivity index (χ1) is 8.93. The molecule has 4 nitrogen and oxygen atoms in total. The molecule has 0 spiro atoms. The van der Waals surface area contributed by atoms with Crippen molar-refractivity contribution in [3.63, 3.8) is 0 Å². The fourth-order valence-electron chi connectivity index (χ4n) is 1.90. The van der Waals surface area contributed by atoms with Gasteiger partial charge in [-0.15, -0.1) is 0 Å². The fraction of sp³-hybridized carbons (Fsp3) is 0.533. The number of benzene rings is 1. The largest absolute Gasteiger partial charge is 0.497 e. The number of amides is 1. The van der Waals surface area contributed by atoms with Crippen LogP contribution in [0.4, 0.5) is 0 Å². The Morgan fingerprint density at radius 1 is 1.26 bits per heavy atom. The minimum atomic E-state index is -0.512. The monoisotopic (exact) mass is 265 g/mol. The minimum absolute atomic E-state index is 0.0288. The van der Waals surface area contributed by atoms with E-state index in [1.807, 2.05) is 38.1 Å². The molecular formula is C15H23NO3. The number of hydrogen-bond acceptors (Lipinski definition) is 3. The van der Waals surface area contributed by atoms with Gasteiger partial charge in [0.25, 0.3) is 0 Å². The highest BCUT2D eigenvalue weighted by atomic mass is 16.5. The van der Waals surface area contributed by atoms with Gasteiger partial charge < -0.3 is 14.7 Å². The van der Waals surface area contributed by atoms with Crippen LogP contribution < -0.4 is 4.74 Å². The van der Waals surface area contributed by atoms with Gasteiger partial charge in [0.15, 0.2) is 0 Å². The lowest BCUT2D eigenvalue weighted by Gasteiger charge is -2.28. The predicted molar refractivity (Wildman–Crippen MR) is 75.2 cm³/mol. The number of carbonyl (C=O) groups is 1. The first-order valence-electron chi connectivity index (χ1n) is 6.54. The van der Waals surface area contributed by atoms with Gasteiger partial charge in [-0.3, -0.25) is 4.79 Å². The molecule has 106 valence electrons. The van der Waals surface area contributed by atoms with Crippen LogP contribution in [0.1, 0.15) is 26.3 Å². The predicted octanol–water partition coefficient (Wildman–Crippen LogP) is 1.86. The molecule has 0 fully saturated rings. The van der Waals surface area contributed by atoms with Gasteiger partial charge in [0.05, 0.1) is 19.6 Å². The number of aliphatic hydroxyl groups is 1. The molecule has 0 aliphatic rings. The van der Waals surface area contributed by atoms with Gasteiger partial charge in [0.1, 0.15) is 5.75 Å². The van der Waals surface area contributed by atoms with E-state index in [-0.39, 0.29) is 11.9 Å². The van der Waals surface area contributed by atoms with Crippen LogP contribution in [0.25, 0.3) is 0 Å². The molecule has 4 heteroatoms. The molecule has 19 heavy (non-hydrogen) atoms. The molecule has 0 aliphatic carbocycles. The quantitative estimate of drug-likeness (QED) is 0.854. The average molecular weight is 265 g/mol. The SMILES string of the molecule is COc1ccc(CC(=O)N(CC(C)O)C(C)C)cc1. The summed E-state index contributed by atoms with van der Waals surface area (Å²) in [6, 6.07) is 7.55. The molecule has 1 aromatic carbocycles. The molecule has 0 aromatic heterocycles. The zero-order chi connectivity index (χ0) is 14.4. The molecule has 1 unspecified atom stereocenters. The zero-order valence-corrected chi connectivity index (χ0v) is 12.1. The van der Waals surface area contributed by atoms with Crippen LogP contribution in [0.15, 0.2) is 24.3 Å². The molecule has 1 N–H and O–H groups in total. The van der Waals surface area contributed by atoms with Crippen molar-refractivity contribution in [2.45, 2.75) is 39.3 Å². The maximum Gasteiger partial charge on any atom is 0.227 e. The molecule has 1 rings (SSSR count). The first kappa shape index (κ1) is 15.5. The number of aliphatic hydroxyl groups excluding tert-OH is 1. The second kappa shape index (κ2) is 7.14. The Morgan fingerprint density at radius 2 is 1.84 bits per heavy atom. The molecule has 1 aromatic rings. The smallest absolute Gasteiger partial charge is 0.227 e. The molecule has 0 saturated heterocycles. The molecule has 0 heterocycles. The summed E-state index contributed by atoms with van der Waals surface area (Å²) in [7, 11) is 1.61. The molecule has 0 bridgehead atoms. The van der Waals surface area contributed by atoms with Crippen LogP contribution in [0, 0.1) is 0 Å². The third kappa shape index (κ3) is 4.91. The van der Waals surface area contributed by atoms with Crippen molar-refractivity contribution in [1.29, 1.82) is 0 Å². The topological polar surface area (TPSA) is 49.8 Å². The van der Waals surface area contributed by atoms with Crippen LogP contribution >= 0.6 is 0 Å². The molecule has 1 amide bonds. The lowest BCUT2D eigenvalue weighted by atomic mass is 10.1. The molecule has 0 saturated carbocycles.